The third-order valence-corrected chi connectivity index (χ3v) is 4.09. The summed E-state index contributed by atoms with van der Waals surface area (Å²) in [4.78, 5) is 23.5. The normalized spacial score (nSPS) is 42.0. The fourth-order valence-corrected chi connectivity index (χ4v) is 2.45. The number of ether oxygens (including phenoxy) is 5. The highest BCUT2D eigenvalue weighted by atomic mass is 16.8. The lowest BCUT2D eigenvalue weighted by molar-refractivity contribution is -0.409. The predicted octanol–water partition coefficient (Wildman–Crippen LogP) is 0.607. The van der Waals surface area contributed by atoms with Crippen LogP contribution in [0.5, 0.6) is 0 Å². The molecule has 4 atom stereocenters. The van der Waals surface area contributed by atoms with E-state index in [9.17, 15) is 9.59 Å². The quantitative estimate of drug-likeness (QED) is 0.704. The minimum absolute atomic E-state index is 0.128. The molecule has 7 nitrogen and oxygen atoms in total. The first-order chi connectivity index (χ1) is 9.35. The number of methoxy groups -OCH3 is 2. The summed E-state index contributed by atoms with van der Waals surface area (Å²) in [5, 5.41) is 0. The Labute approximate surface area is 117 Å². The highest BCUT2D eigenvalue weighted by Crippen LogP contribution is 2.40. The molecule has 2 rings (SSSR count). The van der Waals surface area contributed by atoms with Gasteiger partial charge in [0, 0.05) is 27.1 Å². The molecule has 0 spiro atoms. The van der Waals surface area contributed by atoms with Crippen molar-refractivity contribution in [2.45, 2.75) is 44.4 Å². The molecule has 0 aromatic carbocycles. The van der Waals surface area contributed by atoms with Crippen LogP contribution in [0.4, 0.5) is 0 Å². The molecule has 0 N–H and O–H groups in total. The average molecular weight is 288 g/mol. The molecule has 20 heavy (non-hydrogen) atoms. The van der Waals surface area contributed by atoms with E-state index in [4.69, 9.17) is 23.7 Å². The van der Waals surface area contributed by atoms with Gasteiger partial charge in [-0.1, -0.05) is 0 Å². The molecule has 0 saturated carbocycles. The van der Waals surface area contributed by atoms with Crippen molar-refractivity contribution in [2.24, 2.45) is 5.92 Å². The molecule has 0 radical (unpaired) electrons. The van der Waals surface area contributed by atoms with Crippen LogP contribution in [0.3, 0.4) is 0 Å². The Hall–Kier alpha value is -1.18. The van der Waals surface area contributed by atoms with Crippen molar-refractivity contribution in [3.63, 3.8) is 0 Å². The Morgan fingerprint density at radius 1 is 1.15 bits per heavy atom. The topological polar surface area (TPSA) is 80.3 Å². The van der Waals surface area contributed by atoms with Crippen molar-refractivity contribution in [2.75, 3.05) is 20.8 Å². The van der Waals surface area contributed by atoms with Crippen molar-refractivity contribution in [1.82, 2.24) is 0 Å². The molecule has 2 heterocycles. The Morgan fingerprint density at radius 2 is 1.80 bits per heavy atom. The summed E-state index contributed by atoms with van der Waals surface area (Å²) in [7, 11) is 2.86. The number of hydrogen-bond acceptors (Lipinski definition) is 7. The zero-order valence-corrected chi connectivity index (χ0v) is 12.1. The van der Waals surface area contributed by atoms with Crippen LogP contribution in [0.2, 0.25) is 0 Å². The maximum atomic E-state index is 12.1. The molecule has 0 bridgehead atoms. The second-order valence-electron chi connectivity index (χ2n) is 5.23. The first kappa shape index (κ1) is 15.2. The second-order valence-corrected chi connectivity index (χ2v) is 5.23. The summed E-state index contributed by atoms with van der Waals surface area (Å²) < 4.78 is 26.6. The molecule has 0 aliphatic carbocycles. The number of esters is 2. The Bertz CT molecular complexity index is 410. The summed E-state index contributed by atoms with van der Waals surface area (Å²) in [5.74, 6) is -3.76. The zero-order valence-electron chi connectivity index (χ0n) is 12.1. The van der Waals surface area contributed by atoms with Gasteiger partial charge in [0.2, 0.25) is 5.79 Å². The number of carbonyl (C=O) groups is 2. The summed E-state index contributed by atoms with van der Waals surface area (Å²) in [6.07, 6.45) is -0.186. The summed E-state index contributed by atoms with van der Waals surface area (Å²) in [5.41, 5.74) is 0. The molecule has 0 aromatic rings. The highest BCUT2D eigenvalue weighted by Gasteiger charge is 2.59. The van der Waals surface area contributed by atoms with Crippen LogP contribution >= 0.6 is 0 Å². The minimum atomic E-state index is -1.34. The molecule has 2 fully saturated rings. The lowest BCUT2D eigenvalue weighted by Crippen LogP contribution is -2.65. The van der Waals surface area contributed by atoms with E-state index in [1.165, 1.54) is 14.2 Å². The van der Waals surface area contributed by atoms with Gasteiger partial charge >= 0.3 is 11.9 Å². The summed E-state index contributed by atoms with van der Waals surface area (Å²) in [6, 6.07) is 0. The Kier molecular flexibility index (Phi) is 4.04. The Balaban J connectivity index is 2.20. The van der Waals surface area contributed by atoms with E-state index in [1.54, 1.807) is 13.8 Å². The first-order valence-corrected chi connectivity index (χ1v) is 6.52. The van der Waals surface area contributed by atoms with E-state index in [-0.39, 0.29) is 24.9 Å². The van der Waals surface area contributed by atoms with Gasteiger partial charge in [0.15, 0.2) is 6.10 Å². The molecule has 0 aromatic heterocycles. The van der Waals surface area contributed by atoms with Gasteiger partial charge in [-0.25, -0.2) is 4.79 Å². The molecular weight excluding hydrogens is 268 g/mol. The maximum Gasteiger partial charge on any atom is 0.338 e. The van der Waals surface area contributed by atoms with Crippen molar-refractivity contribution >= 4 is 11.9 Å². The van der Waals surface area contributed by atoms with Gasteiger partial charge < -0.3 is 23.7 Å². The van der Waals surface area contributed by atoms with Crippen LogP contribution in [0.15, 0.2) is 0 Å². The maximum absolute atomic E-state index is 12.1. The molecule has 2 aliphatic heterocycles. The lowest BCUT2D eigenvalue weighted by atomic mass is 9.91. The van der Waals surface area contributed by atoms with Crippen LogP contribution in [-0.2, 0) is 33.3 Å². The number of hydrogen-bond donors (Lipinski definition) is 0. The van der Waals surface area contributed by atoms with E-state index < -0.39 is 23.6 Å². The SMILES string of the molecule is CO[C@@]1(C)OC(=O)[C@@H]([C@H]2CCOC(=O)C2)O[C@]1(C)OC. The molecular formula is C13H20O7. The minimum Gasteiger partial charge on any atom is -0.466 e. The standard InChI is InChI=1S/C13H20O7/c1-12(16-3)13(2,17-4)20-11(15)10(19-12)8-5-6-18-9(14)7-8/h8,10H,5-7H2,1-4H3/t8-,10+,12-,13-/m0/s1. The smallest absolute Gasteiger partial charge is 0.338 e. The van der Waals surface area contributed by atoms with Gasteiger partial charge in [0.05, 0.1) is 13.0 Å². The van der Waals surface area contributed by atoms with Gasteiger partial charge in [0.1, 0.15) is 0 Å². The number of carbonyl (C=O) groups excluding carboxylic acids is 2. The zero-order chi connectivity index (χ0) is 15.0. The second kappa shape index (κ2) is 5.31. The summed E-state index contributed by atoms with van der Waals surface area (Å²) >= 11 is 0. The molecule has 2 saturated heterocycles. The van der Waals surface area contributed by atoms with Crippen molar-refractivity contribution < 1.29 is 33.3 Å². The monoisotopic (exact) mass is 288 g/mol. The average Bonchev–Trinajstić information content (AvgIpc) is 2.43. The van der Waals surface area contributed by atoms with Gasteiger partial charge in [-0.15, -0.1) is 0 Å². The molecule has 0 amide bonds. The van der Waals surface area contributed by atoms with Crippen LogP contribution in [0.1, 0.15) is 26.7 Å². The van der Waals surface area contributed by atoms with Crippen LogP contribution in [0, 0.1) is 5.92 Å². The van der Waals surface area contributed by atoms with Gasteiger partial charge in [-0.2, -0.15) is 0 Å². The van der Waals surface area contributed by atoms with Crippen LogP contribution in [-0.4, -0.2) is 50.4 Å². The molecule has 7 heteroatoms. The molecule has 2 aliphatic rings. The Morgan fingerprint density at radius 3 is 2.35 bits per heavy atom. The summed E-state index contributed by atoms with van der Waals surface area (Å²) in [6.45, 7) is 3.48. The van der Waals surface area contributed by atoms with Crippen LogP contribution in [0.25, 0.3) is 0 Å². The van der Waals surface area contributed by atoms with E-state index in [0.29, 0.717) is 6.42 Å². The van der Waals surface area contributed by atoms with Gasteiger partial charge in [0.25, 0.3) is 5.79 Å². The predicted molar refractivity (Wildman–Crippen MR) is 65.5 cm³/mol. The van der Waals surface area contributed by atoms with Crippen molar-refractivity contribution in [3.8, 4) is 0 Å². The fourth-order valence-electron chi connectivity index (χ4n) is 2.45. The third-order valence-electron chi connectivity index (χ3n) is 4.09. The van der Waals surface area contributed by atoms with E-state index in [1.807, 2.05) is 0 Å². The third kappa shape index (κ3) is 2.41. The highest BCUT2D eigenvalue weighted by molar-refractivity contribution is 5.78. The molecule has 0 unspecified atom stereocenters. The fraction of sp³-hybridized carbons (Fsp3) is 0.846. The van der Waals surface area contributed by atoms with E-state index in [2.05, 4.69) is 0 Å². The van der Waals surface area contributed by atoms with E-state index in [0.717, 1.165) is 0 Å². The molecule has 114 valence electrons. The lowest BCUT2D eigenvalue weighted by Gasteiger charge is -2.49. The largest absolute Gasteiger partial charge is 0.466 e. The van der Waals surface area contributed by atoms with Crippen molar-refractivity contribution in [1.29, 1.82) is 0 Å². The first-order valence-electron chi connectivity index (χ1n) is 6.52. The number of rotatable bonds is 3. The van der Waals surface area contributed by atoms with Crippen LogP contribution < -0.4 is 0 Å². The van der Waals surface area contributed by atoms with Gasteiger partial charge in [-0.05, 0) is 13.3 Å². The van der Waals surface area contributed by atoms with Crippen molar-refractivity contribution in [3.05, 3.63) is 0 Å². The van der Waals surface area contributed by atoms with Gasteiger partial charge in [-0.3, -0.25) is 4.79 Å². The number of cyclic esters (lactones) is 2. The van der Waals surface area contributed by atoms with E-state index >= 15 is 0 Å².